The molecule has 2 aliphatic rings. The van der Waals surface area contributed by atoms with Crippen LogP contribution >= 0.6 is 23.2 Å². The molecule has 19 heavy (non-hydrogen) atoms. The minimum atomic E-state index is 0.335. The molecule has 1 aromatic carbocycles. The van der Waals surface area contributed by atoms with Crippen LogP contribution in [0.3, 0.4) is 0 Å². The van der Waals surface area contributed by atoms with Gasteiger partial charge in [0.25, 0.3) is 0 Å². The Balaban J connectivity index is 1.72. The molecule has 4 heteroatoms. The average Bonchev–Trinajstić information content (AvgIpc) is 2.30. The van der Waals surface area contributed by atoms with Gasteiger partial charge in [0.1, 0.15) is 0 Å². The van der Waals surface area contributed by atoms with Gasteiger partial charge in [-0.3, -0.25) is 0 Å². The van der Waals surface area contributed by atoms with Gasteiger partial charge < -0.3 is 10.1 Å². The molecule has 0 bridgehead atoms. The highest BCUT2D eigenvalue weighted by atomic mass is 35.5. The quantitative estimate of drug-likeness (QED) is 0.866. The molecular formula is C15H19Cl2NO. The Morgan fingerprint density at radius 2 is 2.16 bits per heavy atom. The molecule has 2 aliphatic carbocycles. The molecule has 0 heterocycles. The van der Waals surface area contributed by atoms with Crippen molar-refractivity contribution in [2.24, 2.45) is 5.41 Å². The standard InChI is InChI=1S/C15H19Cl2NO/c1-2-19-14-9-13(15(14)6-3-7-15)18-12-8-10(16)4-5-11(12)17/h4-5,8,13-14,18H,2-3,6-7,9H2,1H3. The van der Waals surface area contributed by atoms with Crippen LogP contribution in [0, 0.1) is 5.41 Å². The smallest absolute Gasteiger partial charge is 0.0670 e. The Morgan fingerprint density at radius 3 is 2.79 bits per heavy atom. The van der Waals surface area contributed by atoms with Crippen molar-refractivity contribution >= 4 is 28.9 Å². The maximum Gasteiger partial charge on any atom is 0.0670 e. The normalized spacial score (nSPS) is 27.7. The molecule has 104 valence electrons. The first-order valence-electron chi connectivity index (χ1n) is 6.99. The third-order valence-electron chi connectivity index (χ3n) is 4.70. The lowest BCUT2D eigenvalue weighted by Crippen LogP contribution is -2.64. The molecular weight excluding hydrogens is 281 g/mol. The van der Waals surface area contributed by atoms with E-state index in [1.807, 2.05) is 18.2 Å². The summed E-state index contributed by atoms with van der Waals surface area (Å²) in [5.74, 6) is 0. The summed E-state index contributed by atoms with van der Waals surface area (Å²) in [6.45, 7) is 2.87. The summed E-state index contributed by atoms with van der Waals surface area (Å²) in [6.07, 6.45) is 5.31. The molecule has 0 amide bonds. The summed E-state index contributed by atoms with van der Waals surface area (Å²) in [4.78, 5) is 0. The summed E-state index contributed by atoms with van der Waals surface area (Å²) in [5.41, 5.74) is 1.28. The molecule has 1 aromatic rings. The van der Waals surface area contributed by atoms with Crippen LogP contribution in [0.4, 0.5) is 5.69 Å². The maximum absolute atomic E-state index is 6.22. The fourth-order valence-electron chi connectivity index (χ4n) is 3.44. The first-order valence-corrected chi connectivity index (χ1v) is 7.74. The first-order chi connectivity index (χ1) is 9.15. The van der Waals surface area contributed by atoms with Crippen LogP contribution in [0.15, 0.2) is 18.2 Å². The van der Waals surface area contributed by atoms with Gasteiger partial charge in [0, 0.05) is 23.1 Å². The lowest BCUT2D eigenvalue weighted by Gasteiger charge is -2.61. The van der Waals surface area contributed by atoms with Crippen LogP contribution in [-0.2, 0) is 4.74 Å². The van der Waals surface area contributed by atoms with Crippen molar-refractivity contribution in [1.82, 2.24) is 0 Å². The molecule has 2 nitrogen and oxygen atoms in total. The van der Waals surface area contributed by atoms with Gasteiger partial charge in [-0.15, -0.1) is 0 Å². The second-order valence-electron chi connectivity index (χ2n) is 5.59. The van der Waals surface area contributed by atoms with Crippen LogP contribution in [0.5, 0.6) is 0 Å². The van der Waals surface area contributed by atoms with Crippen LogP contribution < -0.4 is 5.32 Å². The molecule has 0 saturated heterocycles. The molecule has 0 aliphatic heterocycles. The molecule has 1 N–H and O–H groups in total. The number of hydrogen-bond acceptors (Lipinski definition) is 2. The second-order valence-corrected chi connectivity index (χ2v) is 6.43. The van der Waals surface area contributed by atoms with E-state index in [0.717, 1.165) is 28.8 Å². The van der Waals surface area contributed by atoms with E-state index in [-0.39, 0.29) is 0 Å². The number of anilines is 1. The van der Waals surface area contributed by atoms with E-state index in [9.17, 15) is 0 Å². The van der Waals surface area contributed by atoms with Gasteiger partial charge in [-0.25, -0.2) is 0 Å². The van der Waals surface area contributed by atoms with Gasteiger partial charge in [-0.2, -0.15) is 0 Å². The number of halogens is 2. The highest BCUT2D eigenvalue weighted by molar-refractivity contribution is 6.35. The third kappa shape index (κ3) is 2.24. The highest BCUT2D eigenvalue weighted by Gasteiger charge is 2.58. The lowest BCUT2D eigenvalue weighted by molar-refractivity contribution is -0.157. The second kappa shape index (κ2) is 5.16. The Morgan fingerprint density at radius 1 is 1.37 bits per heavy atom. The monoisotopic (exact) mass is 299 g/mol. The van der Waals surface area contributed by atoms with E-state index in [0.29, 0.717) is 17.6 Å². The van der Waals surface area contributed by atoms with Gasteiger partial charge >= 0.3 is 0 Å². The van der Waals surface area contributed by atoms with E-state index < -0.39 is 0 Å². The van der Waals surface area contributed by atoms with Crippen LogP contribution in [0.2, 0.25) is 10.0 Å². The van der Waals surface area contributed by atoms with Gasteiger partial charge in [-0.1, -0.05) is 29.6 Å². The van der Waals surface area contributed by atoms with Crippen molar-refractivity contribution in [3.05, 3.63) is 28.2 Å². The average molecular weight is 300 g/mol. The first kappa shape index (κ1) is 13.5. The number of rotatable bonds is 4. The van der Waals surface area contributed by atoms with Crippen LogP contribution in [-0.4, -0.2) is 18.8 Å². The summed E-state index contributed by atoms with van der Waals surface area (Å²) in [7, 11) is 0. The number of ether oxygens (including phenoxy) is 1. The molecule has 1 spiro atoms. The van der Waals surface area contributed by atoms with Crippen molar-refractivity contribution in [2.75, 3.05) is 11.9 Å². The van der Waals surface area contributed by atoms with E-state index in [4.69, 9.17) is 27.9 Å². The number of nitrogens with one attached hydrogen (secondary N) is 1. The Labute approximate surface area is 124 Å². The third-order valence-corrected chi connectivity index (χ3v) is 5.26. The zero-order chi connectivity index (χ0) is 13.5. The van der Waals surface area contributed by atoms with Gasteiger partial charge in [0.15, 0.2) is 0 Å². The zero-order valence-corrected chi connectivity index (χ0v) is 12.6. The van der Waals surface area contributed by atoms with Gasteiger partial charge in [0.2, 0.25) is 0 Å². The molecule has 2 atom stereocenters. The molecule has 3 rings (SSSR count). The maximum atomic E-state index is 6.22. The predicted octanol–water partition coefficient (Wildman–Crippen LogP) is 4.75. The van der Waals surface area contributed by atoms with E-state index in [1.54, 1.807) is 0 Å². The SMILES string of the molecule is CCOC1CC(Nc2cc(Cl)ccc2Cl)C12CCC2. The van der Waals surface area contributed by atoms with E-state index >= 15 is 0 Å². The zero-order valence-electron chi connectivity index (χ0n) is 11.1. The van der Waals surface area contributed by atoms with Crippen molar-refractivity contribution in [3.8, 4) is 0 Å². The number of benzene rings is 1. The lowest BCUT2D eigenvalue weighted by atomic mass is 9.51. The minimum Gasteiger partial charge on any atom is -0.380 e. The Kier molecular flexibility index (Phi) is 3.67. The van der Waals surface area contributed by atoms with Crippen molar-refractivity contribution in [3.63, 3.8) is 0 Å². The van der Waals surface area contributed by atoms with Crippen molar-refractivity contribution in [1.29, 1.82) is 0 Å². The van der Waals surface area contributed by atoms with E-state index in [1.165, 1.54) is 19.3 Å². The number of hydrogen-bond donors (Lipinski definition) is 1. The summed E-state index contributed by atoms with van der Waals surface area (Å²) < 4.78 is 5.86. The highest BCUT2D eigenvalue weighted by Crippen LogP contribution is 2.58. The largest absolute Gasteiger partial charge is 0.380 e. The van der Waals surface area contributed by atoms with Gasteiger partial charge in [-0.05, 0) is 44.4 Å². The molecule has 2 fully saturated rings. The Hall–Kier alpha value is -0.440. The molecule has 2 saturated carbocycles. The van der Waals surface area contributed by atoms with E-state index in [2.05, 4.69) is 12.2 Å². The van der Waals surface area contributed by atoms with Crippen molar-refractivity contribution in [2.45, 2.75) is 44.8 Å². The fourth-order valence-corrected chi connectivity index (χ4v) is 3.78. The summed E-state index contributed by atoms with van der Waals surface area (Å²) in [6, 6.07) is 6.04. The molecule has 0 aromatic heterocycles. The minimum absolute atomic E-state index is 0.335. The Bertz CT molecular complexity index is 473. The van der Waals surface area contributed by atoms with Gasteiger partial charge in [0.05, 0.1) is 16.8 Å². The predicted molar refractivity (Wildman–Crippen MR) is 80.2 cm³/mol. The topological polar surface area (TPSA) is 21.3 Å². The molecule has 0 radical (unpaired) electrons. The summed E-state index contributed by atoms with van der Waals surface area (Å²) in [5, 5.41) is 5.02. The molecule has 2 unspecified atom stereocenters. The van der Waals surface area contributed by atoms with Crippen LogP contribution in [0.1, 0.15) is 32.6 Å². The van der Waals surface area contributed by atoms with Crippen LogP contribution in [0.25, 0.3) is 0 Å². The van der Waals surface area contributed by atoms with Crippen molar-refractivity contribution < 1.29 is 4.74 Å². The summed E-state index contributed by atoms with van der Waals surface area (Å²) >= 11 is 12.3. The fraction of sp³-hybridized carbons (Fsp3) is 0.600.